The highest BCUT2D eigenvalue weighted by molar-refractivity contribution is 5.63. The van der Waals surface area contributed by atoms with Gasteiger partial charge in [-0.25, -0.2) is 0 Å². The van der Waals surface area contributed by atoms with E-state index in [-0.39, 0.29) is 0 Å². The lowest BCUT2D eigenvalue weighted by Gasteiger charge is -2.09. The number of nitrogens with one attached hydrogen (secondary N) is 1. The van der Waals surface area contributed by atoms with Crippen LogP contribution in [0.25, 0.3) is 11.1 Å². The monoisotopic (exact) mass is 257 g/mol. The number of hydrogen-bond donors (Lipinski definition) is 1. The first-order valence-corrected chi connectivity index (χ1v) is 6.36. The van der Waals surface area contributed by atoms with Crippen LogP contribution in [-0.4, -0.2) is 23.1 Å². The third-order valence-corrected chi connectivity index (χ3v) is 2.79. The van der Waals surface area contributed by atoms with Crippen LogP contribution >= 0.6 is 0 Å². The molecule has 0 amide bonds. The molecule has 2 rings (SSSR count). The van der Waals surface area contributed by atoms with Crippen molar-refractivity contribution in [1.29, 1.82) is 0 Å². The van der Waals surface area contributed by atoms with Crippen LogP contribution in [0.3, 0.4) is 0 Å². The predicted molar refractivity (Wildman–Crippen MR) is 76.0 cm³/mol. The van der Waals surface area contributed by atoms with Gasteiger partial charge < -0.3 is 10.1 Å². The van der Waals surface area contributed by atoms with Crippen LogP contribution in [0.15, 0.2) is 36.9 Å². The topological polar surface area (TPSA) is 47.0 Å². The van der Waals surface area contributed by atoms with E-state index in [1.54, 1.807) is 13.3 Å². The Morgan fingerprint density at radius 2 is 1.74 bits per heavy atom. The number of rotatable bonds is 5. The molecule has 0 fully saturated rings. The lowest BCUT2D eigenvalue weighted by molar-refractivity contribution is 0.413. The first-order valence-electron chi connectivity index (χ1n) is 6.36. The summed E-state index contributed by atoms with van der Waals surface area (Å²) in [7, 11) is 1.64. The highest BCUT2D eigenvalue weighted by Crippen LogP contribution is 2.22. The minimum atomic E-state index is 0.460. The van der Waals surface area contributed by atoms with Gasteiger partial charge in [-0.05, 0) is 17.7 Å². The number of methoxy groups -OCH3 is 1. The molecule has 4 heteroatoms. The van der Waals surface area contributed by atoms with Crippen molar-refractivity contribution in [2.45, 2.75) is 26.4 Å². The second-order valence-electron chi connectivity index (χ2n) is 4.73. The van der Waals surface area contributed by atoms with Crippen molar-refractivity contribution in [3.8, 4) is 16.9 Å². The van der Waals surface area contributed by atoms with E-state index in [0.717, 1.165) is 29.0 Å². The molecule has 0 atom stereocenters. The van der Waals surface area contributed by atoms with E-state index in [1.165, 1.54) is 0 Å². The average molecular weight is 257 g/mol. The Morgan fingerprint density at radius 1 is 1.05 bits per heavy atom. The lowest BCUT2D eigenvalue weighted by Crippen LogP contribution is -2.21. The Labute approximate surface area is 113 Å². The summed E-state index contributed by atoms with van der Waals surface area (Å²) in [6.07, 6.45) is 7.24. The molecule has 0 radical (unpaired) electrons. The number of pyridine rings is 2. The first-order chi connectivity index (χ1) is 9.19. The highest BCUT2D eigenvalue weighted by Gasteiger charge is 2.03. The molecule has 0 aliphatic carbocycles. The number of hydrogen-bond acceptors (Lipinski definition) is 4. The third kappa shape index (κ3) is 3.76. The molecule has 0 saturated carbocycles. The molecule has 2 aromatic rings. The number of aromatic nitrogens is 2. The van der Waals surface area contributed by atoms with Gasteiger partial charge in [0.25, 0.3) is 0 Å². The second-order valence-corrected chi connectivity index (χ2v) is 4.73. The van der Waals surface area contributed by atoms with Gasteiger partial charge in [0.05, 0.1) is 13.3 Å². The van der Waals surface area contributed by atoms with Crippen LogP contribution in [0.1, 0.15) is 19.4 Å². The molecule has 1 N–H and O–H groups in total. The minimum Gasteiger partial charge on any atom is -0.495 e. The quantitative estimate of drug-likeness (QED) is 0.894. The van der Waals surface area contributed by atoms with Gasteiger partial charge in [0, 0.05) is 42.3 Å². The van der Waals surface area contributed by atoms with Gasteiger partial charge in [-0.1, -0.05) is 13.8 Å². The summed E-state index contributed by atoms with van der Waals surface area (Å²) in [6.45, 7) is 5.07. The van der Waals surface area contributed by atoms with Crippen molar-refractivity contribution in [1.82, 2.24) is 15.3 Å². The standard InChI is InChI=1S/C15H19N3O/c1-11(2)18-7-12-4-13(8-16-6-12)14-5-15(19-3)10-17-9-14/h4-6,8-11,18H,7H2,1-3H3. The maximum absolute atomic E-state index is 5.19. The molecule has 19 heavy (non-hydrogen) atoms. The normalized spacial score (nSPS) is 10.7. The fourth-order valence-electron chi connectivity index (χ4n) is 1.75. The number of ether oxygens (including phenoxy) is 1. The Hall–Kier alpha value is -1.94. The van der Waals surface area contributed by atoms with Crippen LogP contribution in [0.5, 0.6) is 5.75 Å². The van der Waals surface area contributed by atoms with Gasteiger partial charge in [-0.2, -0.15) is 0 Å². The zero-order valence-electron chi connectivity index (χ0n) is 11.6. The molecule has 0 saturated heterocycles. The molecule has 2 aromatic heterocycles. The Morgan fingerprint density at radius 3 is 2.42 bits per heavy atom. The number of nitrogens with zero attached hydrogens (tertiary/aromatic N) is 2. The summed E-state index contributed by atoms with van der Waals surface area (Å²) in [6, 6.07) is 4.55. The van der Waals surface area contributed by atoms with Crippen LogP contribution in [0.2, 0.25) is 0 Å². The van der Waals surface area contributed by atoms with Crippen molar-refractivity contribution in [2.24, 2.45) is 0 Å². The van der Waals surface area contributed by atoms with Crippen LogP contribution < -0.4 is 10.1 Å². The van der Waals surface area contributed by atoms with Crippen molar-refractivity contribution in [2.75, 3.05) is 7.11 Å². The fraction of sp³-hybridized carbons (Fsp3) is 0.333. The molecule has 0 bridgehead atoms. The maximum Gasteiger partial charge on any atom is 0.137 e. The van der Waals surface area contributed by atoms with E-state index in [2.05, 4.69) is 35.2 Å². The molecular weight excluding hydrogens is 238 g/mol. The van der Waals surface area contributed by atoms with Gasteiger partial charge in [0.1, 0.15) is 5.75 Å². The smallest absolute Gasteiger partial charge is 0.137 e. The predicted octanol–water partition coefficient (Wildman–Crippen LogP) is 2.65. The van der Waals surface area contributed by atoms with Crippen LogP contribution in [0.4, 0.5) is 0 Å². The summed E-state index contributed by atoms with van der Waals surface area (Å²) >= 11 is 0. The first kappa shape index (κ1) is 13.5. The molecule has 0 aliphatic rings. The van der Waals surface area contributed by atoms with Gasteiger partial charge >= 0.3 is 0 Å². The van der Waals surface area contributed by atoms with E-state index in [9.17, 15) is 0 Å². The van der Waals surface area contributed by atoms with E-state index >= 15 is 0 Å². The van der Waals surface area contributed by atoms with Gasteiger partial charge in [0.15, 0.2) is 0 Å². The summed E-state index contributed by atoms with van der Waals surface area (Å²) in [5.74, 6) is 0.753. The Balaban J connectivity index is 2.22. The van der Waals surface area contributed by atoms with Gasteiger partial charge in [-0.15, -0.1) is 0 Å². The van der Waals surface area contributed by atoms with Crippen molar-refractivity contribution < 1.29 is 4.74 Å². The SMILES string of the molecule is COc1cncc(-c2cncc(CNC(C)C)c2)c1. The van der Waals surface area contributed by atoms with Gasteiger partial charge in [-0.3, -0.25) is 9.97 Å². The zero-order chi connectivity index (χ0) is 13.7. The van der Waals surface area contributed by atoms with E-state index in [1.807, 2.05) is 24.7 Å². The van der Waals surface area contributed by atoms with E-state index in [0.29, 0.717) is 6.04 Å². The van der Waals surface area contributed by atoms with Crippen molar-refractivity contribution in [3.05, 3.63) is 42.5 Å². The summed E-state index contributed by atoms with van der Waals surface area (Å²) < 4.78 is 5.19. The minimum absolute atomic E-state index is 0.460. The lowest BCUT2D eigenvalue weighted by atomic mass is 10.1. The summed E-state index contributed by atoms with van der Waals surface area (Å²) in [5.41, 5.74) is 3.22. The molecule has 100 valence electrons. The fourth-order valence-corrected chi connectivity index (χ4v) is 1.75. The van der Waals surface area contributed by atoms with Crippen molar-refractivity contribution in [3.63, 3.8) is 0 Å². The summed E-state index contributed by atoms with van der Waals surface area (Å²) in [5, 5.41) is 3.38. The van der Waals surface area contributed by atoms with E-state index < -0.39 is 0 Å². The van der Waals surface area contributed by atoms with Crippen molar-refractivity contribution >= 4 is 0 Å². The zero-order valence-corrected chi connectivity index (χ0v) is 11.6. The maximum atomic E-state index is 5.19. The largest absolute Gasteiger partial charge is 0.495 e. The van der Waals surface area contributed by atoms with Gasteiger partial charge in [0.2, 0.25) is 0 Å². The molecular formula is C15H19N3O. The molecule has 0 aromatic carbocycles. The third-order valence-electron chi connectivity index (χ3n) is 2.79. The average Bonchev–Trinajstić information content (AvgIpc) is 2.45. The second kappa shape index (κ2) is 6.29. The van der Waals surface area contributed by atoms with Crippen LogP contribution in [-0.2, 0) is 6.54 Å². The Bertz CT molecular complexity index is 540. The molecule has 0 unspecified atom stereocenters. The Kier molecular flexibility index (Phi) is 4.47. The molecule has 4 nitrogen and oxygen atoms in total. The molecule has 2 heterocycles. The van der Waals surface area contributed by atoms with Crippen LogP contribution in [0, 0.1) is 0 Å². The highest BCUT2D eigenvalue weighted by atomic mass is 16.5. The molecule has 0 aliphatic heterocycles. The molecule has 0 spiro atoms. The summed E-state index contributed by atoms with van der Waals surface area (Å²) in [4.78, 5) is 8.45. The van der Waals surface area contributed by atoms with E-state index in [4.69, 9.17) is 4.74 Å².